The summed E-state index contributed by atoms with van der Waals surface area (Å²) in [5.41, 5.74) is 1.63. The van der Waals surface area contributed by atoms with Crippen LogP contribution in [0.5, 0.6) is 17.2 Å². The van der Waals surface area contributed by atoms with E-state index in [2.05, 4.69) is 24.0 Å². The zero-order valence-electron chi connectivity index (χ0n) is 24.0. The minimum atomic E-state index is -0.371. The molecule has 0 aliphatic carbocycles. The van der Waals surface area contributed by atoms with E-state index in [4.69, 9.17) is 18.9 Å². The van der Waals surface area contributed by atoms with Gasteiger partial charge >= 0.3 is 6.09 Å². The molecule has 39 heavy (non-hydrogen) atoms. The summed E-state index contributed by atoms with van der Waals surface area (Å²) >= 11 is 0. The Kier molecular flexibility index (Phi) is 11.7. The molecule has 0 spiro atoms. The van der Waals surface area contributed by atoms with Gasteiger partial charge < -0.3 is 28.7 Å². The quantitative estimate of drug-likeness (QED) is 0.341. The maximum Gasteiger partial charge on any atom is 0.409 e. The van der Waals surface area contributed by atoms with Crippen LogP contribution in [0.1, 0.15) is 49.5 Å². The van der Waals surface area contributed by atoms with Crippen LogP contribution in [0.3, 0.4) is 0 Å². The summed E-state index contributed by atoms with van der Waals surface area (Å²) in [5, 5.41) is 0. The third-order valence-corrected chi connectivity index (χ3v) is 6.95. The molecule has 2 aromatic carbocycles. The van der Waals surface area contributed by atoms with E-state index in [9.17, 15) is 9.59 Å². The van der Waals surface area contributed by atoms with Crippen LogP contribution in [0, 0.1) is 0 Å². The van der Waals surface area contributed by atoms with Crippen molar-refractivity contribution in [2.24, 2.45) is 0 Å². The number of carbonyl (C=O) groups is 2. The first-order valence-corrected chi connectivity index (χ1v) is 13.8. The van der Waals surface area contributed by atoms with Crippen molar-refractivity contribution in [3.05, 3.63) is 53.6 Å². The van der Waals surface area contributed by atoms with Crippen molar-refractivity contribution in [3.63, 3.8) is 0 Å². The SMILES string of the molecule is CCCCOc1c(OC)cc(C(=O)N2CCN(Cc3ccccc3)CC2COC(=O)N(CC)CC)cc1OC. The van der Waals surface area contributed by atoms with Crippen molar-refractivity contribution >= 4 is 12.0 Å². The van der Waals surface area contributed by atoms with Gasteiger partial charge in [0.05, 0.1) is 26.9 Å². The minimum Gasteiger partial charge on any atom is -0.493 e. The maximum absolute atomic E-state index is 13.9. The summed E-state index contributed by atoms with van der Waals surface area (Å²) in [6.07, 6.45) is 1.52. The van der Waals surface area contributed by atoms with Crippen LogP contribution in [-0.2, 0) is 11.3 Å². The van der Waals surface area contributed by atoms with Crippen molar-refractivity contribution in [2.45, 2.75) is 46.2 Å². The number of methoxy groups -OCH3 is 2. The van der Waals surface area contributed by atoms with Gasteiger partial charge in [-0.3, -0.25) is 9.69 Å². The highest BCUT2D eigenvalue weighted by molar-refractivity contribution is 5.96. The molecule has 1 atom stereocenters. The van der Waals surface area contributed by atoms with Crippen LogP contribution in [0.2, 0.25) is 0 Å². The first-order valence-electron chi connectivity index (χ1n) is 13.8. The molecule has 9 nitrogen and oxygen atoms in total. The summed E-state index contributed by atoms with van der Waals surface area (Å²) in [6.45, 7) is 10.2. The molecule has 1 aliphatic rings. The summed E-state index contributed by atoms with van der Waals surface area (Å²) < 4.78 is 22.8. The molecule has 1 saturated heterocycles. The molecule has 9 heteroatoms. The third-order valence-electron chi connectivity index (χ3n) is 6.95. The van der Waals surface area contributed by atoms with E-state index in [-0.39, 0.29) is 24.6 Å². The van der Waals surface area contributed by atoms with E-state index in [1.54, 1.807) is 36.2 Å². The number of unbranched alkanes of at least 4 members (excludes halogenated alkanes) is 1. The van der Waals surface area contributed by atoms with Gasteiger partial charge in [-0.05, 0) is 38.0 Å². The highest BCUT2D eigenvalue weighted by Gasteiger charge is 2.33. The molecular weight excluding hydrogens is 498 g/mol. The van der Waals surface area contributed by atoms with E-state index >= 15 is 0 Å². The number of ether oxygens (including phenoxy) is 4. The number of hydrogen-bond acceptors (Lipinski definition) is 7. The zero-order valence-corrected chi connectivity index (χ0v) is 24.0. The van der Waals surface area contributed by atoms with Gasteiger partial charge in [-0.1, -0.05) is 43.7 Å². The molecule has 1 heterocycles. The van der Waals surface area contributed by atoms with Crippen LogP contribution in [0.25, 0.3) is 0 Å². The molecular formula is C30H43N3O6. The monoisotopic (exact) mass is 541 g/mol. The molecule has 3 rings (SSSR count). The molecule has 0 aromatic heterocycles. The molecule has 0 N–H and O–H groups in total. The predicted molar refractivity (Wildman–Crippen MR) is 151 cm³/mol. The van der Waals surface area contributed by atoms with E-state index in [0.29, 0.717) is 62.1 Å². The maximum atomic E-state index is 13.9. The van der Waals surface area contributed by atoms with Gasteiger partial charge in [-0.15, -0.1) is 0 Å². The Morgan fingerprint density at radius 1 is 0.974 bits per heavy atom. The Labute approximate surface area is 232 Å². The van der Waals surface area contributed by atoms with Gasteiger partial charge in [0.2, 0.25) is 5.75 Å². The first-order chi connectivity index (χ1) is 18.9. The van der Waals surface area contributed by atoms with Crippen molar-refractivity contribution in [2.75, 3.05) is 60.2 Å². The number of hydrogen-bond donors (Lipinski definition) is 0. The summed E-state index contributed by atoms with van der Waals surface area (Å²) in [4.78, 5) is 32.2. The molecule has 0 saturated carbocycles. The highest BCUT2D eigenvalue weighted by atomic mass is 16.6. The smallest absolute Gasteiger partial charge is 0.409 e. The van der Waals surface area contributed by atoms with Crippen LogP contribution in [0.15, 0.2) is 42.5 Å². The van der Waals surface area contributed by atoms with Gasteiger partial charge in [0.15, 0.2) is 11.5 Å². The van der Waals surface area contributed by atoms with E-state index in [0.717, 1.165) is 19.4 Å². The van der Waals surface area contributed by atoms with Gasteiger partial charge in [0.1, 0.15) is 6.61 Å². The van der Waals surface area contributed by atoms with E-state index < -0.39 is 0 Å². The summed E-state index contributed by atoms with van der Waals surface area (Å²) in [6, 6.07) is 13.3. The predicted octanol–water partition coefficient (Wildman–Crippen LogP) is 4.69. The van der Waals surface area contributed by atoms with Crippen molar-refractivity contribution in [1.82, 2.24) is 14.7 Å². The fraction of sp³-hybridized carbons (Fsp3) is 0.533. The van der Waals surface area contributed by atoms with Crippen LogP contribution in [0.4, 0.5) is 4.79 Å². The molecule has 2 amide bonds. The Balaban J connectivity index is 1.83. The third kappa shape index (κ3) is 8.02. The lowest BCUT2D eigenvalue weighted by Gasteiger charge is -2.41. The lowest BCUT2D eigenvalue weighted by Crippen LogP contribution is -2.57. The first kappa shape index (κ1) is 30.1. The Morgan fingerprint density at radius 3 is 2.23 bits per heavy atom. The number of benzene rings is 2. The summed E-state index contributed by atoms with van der Waals surface area (Å²) in [7, 11) is 3.10. The average molecular weight is 542 g/mol. The van der Waals surface area contributed by atoms with Crippen LogP contribution in [-0.4, -0.2) is 92.9 Å². The molecule has 0 radical (unpaired) electrons. The minimum absolute atomic E-state index is 0.110. The standard InChI is InChI=1S/C30H43N3O6/c1-6-9-17-38-28-26(36-4)18-24(19-27(28)37-5)29(34)33-16-15-31(20-23-13-11-10-12-14-23)21-25(33)22-39-30(35)32(7-2)8-3/h10-14,18-19,25H,6-9,15-17,20-22H2,1-5H3. The number of carbonyl (C=O) groups excluding carboxylic acids is 2. The Bertz CT molecular complexity index is 1030. The fourth-order valence-electron chi connectivity index (χ4n) is 4.69. The molecule has 1 fully saturated rings. The topological polar surface area (TPSA) is 80.8 Å². The summed E-state index contributed by atoms with van der Waals surface area (Å²) in [5.74, 6) is 1.21. The normalized spacial score (nSPS) is 15.5. The average Bonchev–Trinajstić information content (AvgIpc) is 2.97. The number of amides is 2. The van der Waals surface area contributed by atoms with Gasteiger partial charge in [0, 0.05) is 44.8 Å². The highest BCUT2D eigenvalue weighted by Crippen LogP contribution is 2.39. The molecule has 0 bridgehead atoms. The molecule has 1 unspecified atom stereocenters. The van der Waals surface area contributed by atoms with Gasteiger partial charge in [-0.2, -0.15) is 0 Å². The zero-order chi connectivity index (χ0) is 28.2. The van der Waals surface area contributed by atoms with Crippen LogP contribution >= 0.6 is 0 Å². The van der Waals surface area contributed by atoms with E-state index in [1.165, 1.54) is 5.56 Å². The van der Waals surface area contributed by atoms with Crippen molar-refractivity contribution in [3.8, 4) is 17.2 Å². The fourth-order valence-corrected chi connectivity index (χ4v) is 4.69. The number of rotatable bonds is 13. The molecule has 214 valence electrons. The Hall–Kier alpha value is -3.46. The lowest BCUT2D eigenvalue weighted by molar-refractivity contribution is 0.0175. The largest absolute Gasteiger partial charge is 0.493 e. The second-order valence-electron chi connectivity index (χ2n) is 9.53. The van der Waals surface area contributed by atoms with Crippen molar-refractivity contribution in [1.29, 1.82) is 0 Å². The number of piperazine rings is 1. The van der Waals surface area contributed by atoms with Gasteiger partial charge in [0.25, 0.3) is 5.91 Å². The second-order valence-corrected chi connectivity index (χ2v) is 9.53. The molecule has 2 aromatic rings. The second kappa shape index (κ2) is 15.2. The number of nitrogens with zero attached hydrogens (tertiary/aromatic N) is 3. The van der Waals surface area contributed by atoms with Gasteiger partial charge in [-0.25, -0.2) is 4.79 Å². The van der Waals surface area contributed by atoms with E-state index in [1.807, 2.05) is 32.0 Å². The lowest BCUT2D eigenvalue weighted by atomic mass is 10.1. The Morgan fingerprint density at radius 2 is 1.64 bits per heavy atom. The molecule has 1 aliphatic heterocycles. The van der Waals surface area contributed by atoms with Crippen LogP contribution < -0.4 is 14.2 Å². The van der Waals surface area contributed by atoms with Crippen molar-refractivity contribution < 1.29 is 28.5 Å².